The molecule has 0 saturated heterocycles. The lowest BCUT2D eigenvalue weighted by molar-refractivity contribution is 0.623. The second kappa shape index (κ2) is 5.79. The number of nitrogens with one attached hydrogen (secondary N) is 1. The zero-order valence-corrected chi connectivity index (χ0v) is 13.8. The molecule has 3 aromatic heterocycles. The van der Waals surface area contributed by atoms with Gasteiger partial charge in [0.05, 0.1) is 22.5 Å². The molecule has 9 heteroatoms. The quantitative estimate of drug-likeness (QED) is 0.715. The van der Waals surface area contributed by atoms with Gasteiger partial charge in [0.25, 0.3) is 5.56 Å². The SMILES string of the molecule is Cc1ncnc(C(C)C)c1-n1c(=O)[nH]c(=O)c2cc(F)c(Cl)nc21. The Kier molecular flexibility index (Phi) is 3.92. The molecular weight excluding hydrogens is 337 g/mol. The van der Waals surface area contributed by atoms with Gasteiger partial charge in [-0.2, -0.15) is 0 Å². The number of halogens is 2. The fourth-order valence-corrected chi connectivity index (χ4v) is 2.64. The molecule has 0 aliphatic heterocycles. The van der Waals surface area contributed by atoms with Crippen LogP contribution in [0.4, 0.5) is 4.39 Å². The third kappa shape index (κ3) is 2.48. The number of aromatic nitrogens is 5. The molecule has 0 aromatic carbocycles. The van der Waals surface area contributed by atoms with Crippen molar-refractivity contribution in [2.24, 2.45) is 0 Å². The van der Waals surface area contributed by atoms with Crippen LogP contribution >= 0.6 is 11.6 Å². The molecule has 3 heterocycles. The van der Waals surface area contributed by atoms with Gasteiger partial charge in [-0.05, 0) is 18.9 Å². The maximum atomic E-state index is 13.7. The summed E-state index contributed by atoms with van der Waals surface area (Å²) in [6.45, 7) is 5.52. The summed E-state index contributed by atoms with van der Waals surface area (Å²) in [5.74, 6) is -0.864. The molecule has 3 rings (SSSR count). The first-order valence-corrected chi connectivity index (χ1v) is 7.52. The molecule has 3 aromatic rings. The minimum Gasteiger partial charge on any atom is -0.273 e. The van der Waals surface area contributed by atoms with Crippen molar-refractivity contribution >= 4 is 22.6 Å². The number of fused-ring (bicyclic) bond motifs is 1. The van der Waals surface area contributed by atoms with Gasteiger partial charge in [-0.3, -0.25) is 9.78 Å². The van der Waals surface area contributed by atoms with Crippen LogP contribution in [-0.2, 0) is 0 Å². The number of H-pyrrole nitrogens is 1. The topological polar surface area (TPSA) is 93.5 Å². The van der Waals surface area contributed by atoms with E-state index in [1.807, 2.05) is 13.8 Å². The fourth-order valence-electron chi connectivity index (χ4n) is 2.50. The third-order valence-electron chi connectivity index (χ3n) is 3.60. The maximum Gasteiger partial charge on any atom is 0.334 e. The molecular formula is C15H13ClFN5O2. The Hall–Kier alpha value is -2.61. The lowest BCUT2D eigenvalue weighted by Gasteiger charge is -2.16. The molecule has 0 aliphatic carbocycles. The highest BCUT2D eigenvalue weighted by atomic mass is 35.5. The molecule has 0 unspecified atom stereocenters. The zero-order chi connectivity index (χ0) is 17.6. The standard InChI is InChI=1S/C15H13ClFN5O2/c1-6(2)10-11(7(3)18-5-19-10)22-13-8(14(23)21-15(22)24)4-9(17)12(16)20-13/h4-6H,1-3H3,(H,21,23,24). The molecule has 0 amide bonds. The molecule has 0 spiro atoms. The number of hydrogen-bond donors (Lipinski definition) is 1. The summed E-state index contributed by atoms with van der Waals surface area (Å²) in [7, 11) is 0. The molecule has 124 valence electrons. The van der Waals surface area contributed by atoms with Gasteiger partial charge in [-0.15, -0.1) is 0 Å². The van der Waals surface area contributed by atoms with Crippen molar-refractivity contribution in [2.75, 3.05) is 0 Å². The first-order valence-electron chi connectivity index (χ1n) is 7.14. The van der Waals surface area contributed by atoms with Crippen LogP contribution in [0, 0.1) is 12.7 Å². The summed E-state index contributed by atoms with van der Waals surface area (Å²) in [4.78, 5) is 38.9. The van der Waals surface area contributed by atoms with Gasteiger partial charge < -0.3 is 0 Å². The number of aromatic amines is 1. The van der Waals surface area contributed by atoms with Crippen LogP contribution in [0.3, 0.4) is 0 Å². The highest BCUT2D eigenvalue weighted by Crippen LogP contribution is 2.24. The second-order valence-corrected chi connectivity index (χ2v) is 5.93. The first kappa shape index (κ1) is 16.3. The summed E-state index contributed by atoms with van der Waals surface area (Å²) in [5.41, 5.74) is 0.00728. The average Bonchev–Trinajstić information content (AvgIpc) is 2.50. The zero-order valence-electron chi connectivity index (χ0n) is 13.1. The Morgan fingerprint density at radius 2 is 2.00 bits per heavy atom. The van der Waals surface area contributed by atoms with E-state index in [1.54, 1.807) is 6.92 Å². The fraction of sp³-hybridized carbons (Fsp3) is 0.267. The molecule has 0 fully saturated rings. The molecule has 0 saturated carbocycles. The summed E-state index contributed by atoms with van der Waals surface area (Å²) in [6.07, 6.45) is 1.40. The van der Waals surface area contributed by atoms with Crippen molar-refractivity contribution in [3.05, 3.63) is 55.6 Å². The Labute approximate surface area is 140 Å². The van der Waals surface area contributed by atoms with Gasteiger partial charge in [-0.1, -0.05) is 25.4 Å². The van der Waals surface area contributed by atoms with E-state index in [9.17, 15) is 14.0 Å². The molecule has 0 radical (unpaired) electrons. The van der Waals surface area contributed by atoms with Crippen LogP contribution in [0.15, 0.2) is 22.0 Å². The molecule has 0 bridgehead atoms. The van der Waals surface area contributed by atoms with Crippen molar-refractivity contribution in [3.8, 4) is 5.69 Å². The minimum absolute atomic E-state index is 0.0218. The van der Waals surface area contributed by atoms with Gasteiger partial charge in [0.1, 0.15) is 6.33 Å². The van der Waals surface area contributed by atoms with Gasteiger partial charge in [-0.25, -0.2) is 28.7 Å². The second-order valence-electron chi connectivity index (χ2n) is 5.57. The average molecular weight is 350 g/mol. The van der Waals surface area contributed by atoms with E-state index in [0.29, 0.717) is 17.1 Å². The predicted octanol–water partition coefficient (Wildman–Crippen LogP) is 2.09. The van der Waals surface area contributed by atoms with E-state index >= 15 is 0 Å². The Morgan fingerprint density at radius 1 is 1.29 bits per heavy atom. The van der Waals surface area contributed by atoms with Gasteiger partial charge in [0.15, 0.2) is 16.6 Å². The van der Waals surface area contributed by atoms with Crippen molar-refractivity contribution < 1.29 is 4.39 Å². The van der Waals surface area contributed by atoms with Crippen LogP contribution in [0.5, 0.6) is 0 Å². The highest BCUT2D eigenvalue weighted by molar-refractivity contribution is 6.29. The van der Waals surface area contributed by atoms with Crippen LogP contribution in [0.1, 0.15) is 31.2 Å². The minimum atomic E-state index is -0.843. The Balaban J connectivity index is 2.56. The van der Waals surface area contributed by atoms with Crippen LogP contribution in [-0.4, -0.2) is 24.5 Å². The molecule has 0 aliphatic rings. The molecule has 24 heavy (non-hydrogen) atoms. The number of pyridine rings is 1. The summed E-state index contributed by atoms with van der Waals surface area (Å²) >= 11 is 5.75. The van der Waals surface area contributed by atoms with Gasteiger partial charge in [0, 0.05) is 0 Å². The predicted molar refractivity (Wildman–Crippen MR) is 87.3 cm³/mol. The Bertz CT molecular complexity index is 1070. The molecule has 1 N–H and O–H groups in total. The molecule has 7 nitrogen and oxygen atoms in total. The number of hydrogen-bond acceptors (Lipinski definition) is 5. The van der Waals surface area contributed by atoms with E-state index in [0.717, 1.165) is 10.6 Å². The monoisotopic (exact) mass is 349 g/mol. The summed E-state index contributed by atoms with van der Waals surface area (Å²) < 4.78 is 14.9. The number of rotatable bonds is 2. The first-order chi connectivity index (χ1) is 11.3. The highest BCUT2D eigenvalue weighted by Gasteiger charge is 2.20. The normalized spacial score (nSPS) is 11.4. The van der Waals surface area contributed by atoms with Crippen molar-refractivity contribution in [2.45, 2.75) is 26.7 Å². The maximum absolute atomic E-state index is 13.7. The van der Waals surface area contributed by atoms with Crippen molar-refractivity contribution in [1.82, 2.24) is 24.5 Å². The van der Waals surface area contributed by atoms with E-state index in [2.05, 4.69) is 19.9 Å². The van der Waals surface area contributed by atoms with Crippen LogP contribution in [0.2, 0.25) is 5.15 Å². The summed E-state index contributed by atoms with van der Waals surface area (Å²) in [6, 6.07) is 0.952. The van der Waals surface area contributed by atoms with Crippen LogP contribution < -0.4 is 11.2 Å². The van der Waals surface area contributed by atoms with E-state index in [-0.39, 0.29) is 17.0 Å². The number of aryl methyl sites for hydroxylation is 1. The summed E-state index contributed by atoms with van der Waals surface area (Å²) in [5, 5.41) is -0.517. The third-order valence-corrected chi connectivity index (χ3v) is 3.86. The van der Waals surface area contributed by atoms with Gasteiger partial charge >= 0.3 is 5.69 Å². The van der Waals surface area contributed by atoms with Gasteiger partial charge in [0.2, 0.25) is 0 Å². The number of nitrogens with zero attached hydrogens (tertiary/aromatic N) is 4. The lowest BCUT2D eigenvalue weighted by atomic mass is 10.1. The van der Waals surface area contributed by atoms with Crippen molar-refractivity contribution in [3.63, 3.8) is 0 Å². The smallest absolute Gasteiger partial charge is 0.273 e. The van der Waals surface area contributed by atoms with E-state index in [1.165, 1.54) is 6.33 Å². The van der Waals surface area contributed by atoms with Crippen LogP contribution in [0.25, 0.3) is 16.7 Å². The van der Waals surface area contributed by atoms with E-state index < -0.39 is 22.2 Å². The van der Waals surface area contributed by atoms with E-state index in [4.69, 9.17) is 11.6 Å². The lowest BCUT2D eigenvalue weighted by Crippen LogP contribution is -2.31. The molecule has 0 atom stereocenters. The van der Waals surface area contributed by atoms with Crippen molar-refractivity contribution in [1.29, 1.82) is 0 Å². The Morgan fingerprint density at radius 3 is 2.67 bits per heavy atom. The largest absolute Gasteiger partial charge is 0.334 e.